The molecule has 0 atom stereocenters. The van der Waals surface area contributed by atoms with Crippen molar-refractivity contribution >= 4 is 29.0 Å². The molecular weight excluding hydrogens is 300 g/mol. The van der Waals surface area contributed by atoms with Crippen LogP contribution in [-0.4, -0.2) is 34.6 Å². The van der Waals surface area contributed by atoms with Gasteiger partial charge >= 0.3 is 0 Å². The van der Waals surface area contributed by atoms with Crippen molar-refractivity contribution in [3.05, 3.63) is 11.1 Å². The fourth-order valence-electron chi connectivity index (χ4n) is 2.57. The topological polar surface area (TPSA) is 33.2 Å². The summed E-state index contributed by atoms with van der Waals surface area (Å²) in [6.45, 7) is 6.50. The maximum atomic E-state index is 12.3. The fourth-order valence-corrected chi connectivity index (χ4v) is 4.54. The average molecular weight is 327 g/mol. The maximum Gasteiger partial charge on any atom is 0.233 e. The van der Waals surface area contributed by atoms with E-state index >= 15 is 0 Å². The fraction of sp³-hybridized carbons (Fsp3) is 0.750. The van der Waals surface area contributed by atoms with Crippen LogP contribution in [0.3, 0.4) is 0 Å². The van der Waals surface area contributed by atoms with Gasteiger partial charge in [0, 0.05) is 23.9 Å². The molecule has 0 saturated heterocycles. The molecule has 0 N–H and O–H groups in total. The first-order valence-corrected chi connectivity index (χ1v) is 9.59. The van der Waals surface area contributed by atoms with Crippen LogP contribution in [0.4, 0.5) is 0 Å². The second kappa shape index (κ2) is 7.14. The summed E-state index contributed by atoms with van der Waals surface area (Å²) in [7, 11) is 1.96. The minimum absolute atomic E-state index is 0.0816. The number of carbonyl (C=O) groups excluding carboxylic acids is 1. The van der Waals surface area contributed by atoms with E-state index < -0.39 is 0 Å². The minimum Gasteiger partial charge on any atom is -0.342 e. The molecule has 1 fully saturated rings. The summed E-state index contributed by atoms with van der Waals surface area (Å²) >= 11 is 3.22. The largest absolute Gasteiger partial charge is 0.342 e. The van der Waals surface area contributed by atoms with Gasteiger partial charge in [0.25, 0.3) is 0 Å². The molecule has 1 aromatic rings. The van der Waals surface area contributed by atoms with E-state index in [4.69, 9.17) is 0 Å². The van der Waals surface area contributed by atoms with Crippen molar-refractivity contribution in [3.8, 4) is 0 Å². The van der Waals surface area contributed by atoms with Gasteiger partial charge in [-0.05, 0) is 12.8 Å². The number of amides is 1. The Bertz CT molecular complexity index is 473. The lowest BCUT2D eigenvalue weighted by Gasteiger charge is -2.31. The second-order valence-electron chi connectivity index (χ2n) is 6.83. The molecule has 1 aromatic heterocycles. The van der Waals surface area contributed by atoms with Gasteiger partial charge in [-0.2, -0.15) is 0 Å². The molecule has 1 saturated carbocycles. The van der Waals surface area contributed by atoms with E-state index in [-0.39, 0.29) is 11.3 Å². The van der Waals surface area contributed by atoms with Gasteiger partial charge < -0.3 is 4.90 Å². The van der Waals surface area contributed by atoms with Crippen LogP contribution in [0.1, 0.15) is 58.6 Å². The molecule has 0 spiro atoms. The van der Waals surface area contributed by atoms with Crippen LogP contribution < -0.4 is 0 Å². The first-order valence-electron chi connectivity index (χ1n) is 7.72. The quantitative estimate of drug-likeness (QED) is 0.772. The van der Waals surface area contributed by atoms with Crippen molar-refractivity contribution in [1.29, 1.82) is 0 Å². The SMILES string of the molecule is CN(C(=O)CSc1nc(C(C)(C)C)cs1)C1CCCCC1. The number of nitrogens with zero attached hydrogens (tertiary/aromatic N) is 2. The number of carbonyl (C=O) groups is 1. The predicted octanol–water partition coefficient (Wildman–Crippen LogP) is 4.32. The van der Waals surface area contributed by atoms with E-state index in [0.29, 0.717) is 11.8 Å². The smallest absolute Gasteiger partial charge is 0.233 e. The van der Waals surface area contributed by atoms with Crippen LogP contribution in [0.15, 0.2) is 9.72 Å². The molecule has 1 heterocycles. The lowest BCUT2D eigenvalue weighted by atomic mass is 9.93. The summed E-state index contributed by atoms with van der Waals surface area (Å²) < 4.78 is 1.00. The van der Waals surface area contributed by atoms with Gasteiger partial charge in [0.1, 0.15) is 0 Å². The second-order valence-corrected chi connectivity index (χ2v) is 8.91. The van der Waals surface area contributed by atoms with Gasteiger partial charge in [-0.3, -0.25) is 4.79 Å². The number of hydrogen-bond donors (Lipinski definition) is 0. The van der Waals surface area contributed by atoms with Crippen molar-refractivity contribution in [2.24, 2.45) is 0 Å². The molecule has 1 amide bonds. The first kappa shape index (κ1) is 16.8. The van der Waals surface area contributed by atoms with Crippen LogP contribution in [-0.2, 0) is 10.2 Å². The van der Waals surface area contributed by atoms with E-state index in [9.17, 15) is 4.79 Å². The maximum absolute atomic E-state index is 12.3. The van der Waals surface area contributed by atoms with Gasteiger partial charge in [0.2, 0.25) is 5.91 Å². The van der Waals surface area contributed by atoms with Gasteiger partial charge in [-0.25, -0.2) is 4.98 Å². The van der Waals surface area contributed by atoms with Crippen LogP contribution in [0.5, 0.6) is 0 Å². The van der Waals surface area contributed by atoms with Gasteiger partial charge in [0.05, 0.1) is 11.4 Å². The lowest BCUT2D eigenvalue weighted by Crippen LogP contribution is -2.39. The normalized spacial score (nSPS) is 17.0. The molecule has 0 radical (unpaired) electrons. The van der Waals surface area contributed by atoms with Crippen LogP contribution in [0.2, 0.25) is 0 Å². The van der Waals surface area contributed by atoms with Gasteiger partial charge in [0.15, 0.2) is 4.34 Å². The number of hydrogen-bond acceptors (Lipinski definition) is 4. The Kier molecular flexibility index (Phi) is 5.72. The highest BCUT2D eigenvalue weighted by atomic mass is 32.2. The highest BCUT2D eigenvalue weighted by molar-refractivity contribution is 8.01. The van der Waals surface area contributed by atoms with Crippen molar-refractivity contribution < 1.29 is 4.79 Å². The Hall–Kier alpha value is -0.550. The van der Waals surface area contributed by atoms with E-state index in [1.165, 1.54) is 32.1 Å². The Balaban J connectivity index is 1.84. The van der Waals surface area contributed by atoms with Crippen LogP contribution in [0, 0.1) is 0 Å². The molecule has 3 nitrogen and oxygen atoms in total. The number of thiazole rings is 1. The predicted molar refractivity (Wildman–Crippen MR) is 91.2 cm³/mol. The van der Waals surface area contributed by atoms with E-state index in [1.807, 2.05) is 11.9 Å². The van der Waals surface area contributed by atoms with Crippen LogP contribution >= 0.6 is 23.1 Å². The number of thioether (sulfide) groups is 1. The Labute approximate surface area is 136 Å². The summed E-state index contributed by atoms with van der Waals surface area (Å²) in [5, 5.41) is 2.11. The van der Waals surface area contributed by atoms with Crippen molar-refractivity contribution in [3.63, 3.8) is 0 Å². The Morgan fingerprint density at radius 2 is 2.05 bits per heavy atom. The molecule has 2 rings (SSSR count). The summed E-state index contributed by atoms with van der Waals surface area (Å²) in [5.41, 5.74) is 1.20. The first-order chi connectivity index (χ1) is 9.88. The lowest BCUT2D eigenvalue weighted by molar-refractivity contribution is -0.129. The van der Waals surface area contributed by atoms with E-state index in [0.717, 1.165) is 10.0 Å². The van der Waals surface area contributed by atoms with Gasteiger partial charge in [-0.1, -0.05) is 51.8 Å². The highest BCUT2D eigenvalue weighted by Gasteiger charge is 2.23. The van der Waals surface area contributed by atoms with E-state index in [2.05, 4.69) is 31.1 Å². The number of rotatable bonds is 4. The monoisotopic (exact) mass is 326 g/mol. The molecule has 1 aliphatic carbocycles. The molecule has 0 aliphatic heterocycles. The van der Waals surface area contributed by atoms with Crippen molar-refractivity contribution in [2.45, 2.75) is 68.7 Å². The number of aromatic nitrogens is 1. The molecule has 0 unspecified atom stereocenters. The third kappa shape index (κ3) is 4.71. The Morgan fingerprint density at radius 1 is 1.38 bits per heavy atom. The summed E-state index contributed by atoms with van der Waals surface area (Å²) in [6.07, 6.45) is 6.17. The molecule has 5 heteroatoms. The zero-order valence-electron chi connectivity index (χ0n) is 13.5. The highest BCUT2D eigenvalue weighted by Crippen LogP contribution is 2.29. The third-order valence-electron chi connectivity index (χ3n) is 4.09. The summed E-state index contributed by atoms with van der Waals surface area (Å²) in [4.78, 5) is 18.9. The van der Waals surface area contributed by atoms with Crippen LogP contribution in [0.25, 0.3) is 0 Å². The molecule has 21 heavy (non-hydrogen) atoms. The minimum atomic E-state index is 0.0816. The van der Waals surface area contributed by atoms with E-state index in [1.54, 1.807) is 23.1 Å². The van der Waals surface area contributed by atoms with Crippen molar-refractivity contribution in [1.82, 2.24) is 9.88 Å². The molecule has 0 aromatic carbocycles. The standard InChI is InChI=1S/C16H26N2OS2/c1-16(2,3)13-10-20-15(17-13)21-11-14(19)18(4)12-8-6-5-7-9-12/h10,12H,5-9,11H2,1-4H3. The molecule has 118 valence electrons. The third-order valence-corrected chi connectivity index (χ3v) is 6.09. The van der Waals surface area contributed by atoms with Gasteiger partial charge in [-0.15, -0.1) is 11.3 Å². The zero-order valence-corrected chi connectivity index (χ0v) is 15.1. The summed E-state index contributed by atoms with van der Waals surface area (Å²) in [5.74, 6) is 0.740. The summed E-state index contributed by atoms with van der Waals surface area (Å²) in [6, 6.07) is 0.452. The van der Waals surface area contributed by atoms with Crippen molar-refractivity contribution in [2.75, 3.05) is 12.8 Å². The zero-order chi connectivity index (χ0) is 15.5. The molecular formula is C16H26N2OS2. The molecule has 0 bridgehead atoms. The average Bonchev–Trinajstić information content (AvgIpc) is 2.94. The molecule has 1 aliphatic rings. The Morgan fingerprint density at radius 3 is 2.62 bits per heavy atom.